The predicted molar refractivity (Wildman–Crippen MR) is 130 cm³/mol. The molecule has 0 aliphatic rings. The van der Waals surface area contributed by atoms with Gasteiger partial charge in [0.05, 0.1) is 21.1 Å². The van der Waals surface area contributed by atoms with Gasteiger partial charge in [-0.15, -0.1) is 0 Å². The summed E-state index contributed by atoms with van der Waals surface area (Å²) >= 11 is 22.8. The number of benzene rings is 3. The van der Waals surface area contributed by atoms with Gasteiger partial charge in [-0.1, -0.05) is 73.3 Å². The van der Waals surface area contributed by atoms with Gasteiger partial charge in [-0.2, -0.15) is 5.26 Å². The van der Waals surface area contributed by atoms with E-state index in [-0.39, 0.29) is 0 Å². The van der Waals surface area contributed by atoms with Crippen molar-refractivity contribution in [1.82, 2.24) is 0 Å². The van der Waals surface area contributed by atoms with Crippen molar-refractivity contribution in [2.45, 2.75) is 6.61 Å². The molecule has 0 amide bonds. The first kappa shape index (κ1) is 22.4. The Kier molecular flexibility index (Phi) is 7.84. The molecule has 3 aromatic rings. The highest BCUT2D eigenvalue weighted by molar-refractivity contribution is 9.11. The minimum Gasteiger partial charge on any atom is -0.487 e. The molecule has 0 saturated carbocycles. The number of nitriles is 1. The monoisotopic (exact) mass is 613 g/mol. The van der Waals surface area contributed by atoms with Crippen LogP contribution in [-0.4, -0.2) is 0 Å². The maximum atomic E-state index is 9.72. The molecule has 0 heterocycles. The zero-order valence-electron chi connectivity index (χ0n) is 14.7. The zero-order valence-corrected chi connectivity index (χ0v) is 21.0. The fourth-order valence-electron chi connectivity index (χ4n) is 2.61. The highest BCUT2D eigenvalue weighted by Gasteiger charge is 2.13. The van der Waals surface area contributed by atoms with Crippen LogP contribution >= 0.6 is 71.0 Å². The molecule has 0 fully saturated rings. The van der Waals surface area contributed by atoms with Crippen LogP contribution in [0.5, 0.6) is 5.75 Å². The average molecular weight is 617 g/mol. The molecule has 3 rings (SSSR count). The van der Waals surface area contributed by atoms with Crippen molar-refractivity contribution in [3.05, 3.63) is 94.8 Å². The lowest BCUT2D eigenvalue weighted by atomic mass is 10.0. The van der Waals surface area contributed by atoms with E-state index in [9.17, 15) is 5.26 Å². The Hall–Kier alpha value is -1.29. The topological polar surface area (TPSA) is 33.0 Å². The lowest BCUT2D eigenvalue weighted by Crippen LogP contribution is -1.98. The second kappa shape index (κ2) is 10.1. The second-order valence-corrected chi connectivity index (χ2v) is 9.54. The van der Waals surface area contributed by atoms with E-state index in [1.807, 2.05) is 36.4 Å². The SMILES string of the molecule is N#C/C(=C\c1cc(Br)cc(Br)c1OCc1ccc(Br)cc1)c1ccc(Cl)cc1Cl. The molecule has 0 spiro atoms. The van der Waals surface area contributed by atoms with Crippen LogP contribution in [0.2, 0.25) is 10.0 Å². The molecular formula is C22H12Br3Cl2NO. The lowest BCUT2D eigenvalue weighted by Gasteiger charge is -2.13. The minimum atomic E-state index is 0.387. The van der Waals surface area contributed by atoms with E-state index >= 15 is 0 Å². The van der Waals surface area contributed by atoms with Crippen molar-refractivity contribution in [3.8, 4) is 11.8 Å². The molecule has 0 atom stereocenters. The highest BCUT2D eigenvalue weighted by atomic mass is 79.9. The molecule has 0 aliphatic heterocycles. The fourth-order valence-corrected chi connectivity index (χ4v) is 4.76. The minimum absolute atomic E-state index is 0.387. The molecule has 3 aromatic carbocycles. The highest BCUT2D eigenvalue weighted by Crippen LogP contribution is 2.37. The number of hydrogen-bond acceptors (Lipinski definition) is 2. The smallest absolute Gasteiger partial charge is 0.141 e. The summed E-state index contributed by atoms with van der Waals surface area (Å²) in [5.41, 5.74) is 2.78. The third-order valence-electron chi connectivity index (χ3n) is 3.98. The molecule has 0 unspecified atom stereocenters. The molecule has 0 N–H and O–H groups in total. The number of ether oxygens (including phenoxy) is 1. The number of rotatable bonds is 5. The van der Waals surface area contributed by atoms with Crippen molar-refractivity contribution in [1.29, 1.82) is 5.26 Å². The maximum Gasteiger partial charge on any atom is 0.141 e. The second-order valence-electron chi connectivity index (χ2n) is 6.02. The van der Waals surface area contributed by atoms with Crippen molar-refractivity contribution in [2.24, 2.45) is 0 Å². The average Bonchev–Trinajstić information content (AvgIpc) is 2.67. The molecule has 2 nitrogen and oxygen atoms in total. The maximum absolute atomic E-state index is 9.72. The van der Waals surface area contributed by atoms with Crippen LogP contribution in [0, 0.1) is 11.3 Å². The Bertz CT molecular complexity index is 1120. The van der Waals surface area contributed by atoms with Crippen LogP contribution in [0.4, 0.5) is 0 Å². The first-order chi connectivity index (χ1) is 13.9. The van der Waals surface area contributed by atoms with E-state index in [0.717, 1.165) is 24.5 Å². The summed E-state index contributed by atoms with van der Waals surface area (Å²) in [5, 5.41) is 10.6. The van der Waals surface area contributed by atoms with Gasteiger partial charge in [0, 0.05) is 25.1 Å². The Labute approximate surface area is 204 Å². The normalized spacial score (nSPS) is 11.2. The van der Waals surface area contributed by atoms with Gasteiger partial charge in [-0.3, -0.25) is 0 Å². The lowest BCUT2D eigenvalue weighted by molar-refractivity contribution is 0.303. The largest absolute Gasteiger partial charge is 0.487 e. The fraction of sp³-hybridized carbons (Fsp3) is 0.0455. The van der Waals surface area contributed by atoms with E-state index in [1.165, 1.54) is 0 Å². The third-order valence-corrected chi connectivity index (χ3v) is 6.10. The van der Waals surface area contributed by atoms with Gasteiger partial charge >= 0.3 is 0 Å². The first-order valence-electron chi connectivity index (χ1n) is 8.31. The molecule has 0 aliphatic carbocycles. The summed E-state index contributed by atoms with van der Waals surface area (Å²) in [7, 11) is 0. The Morgan fingerprint density at radius 1 is 0.966 bits per heavy atom. The van der Waals surface area contributed by atoms with Gasteiger partial charge in [0.1, 0.15) is 12.4 Å². The van der Waals surface area contributed by atoms with Gasteiger partial charge in [0.2, 0.25) is 0 Å². The van der Waals surface area contributed by atoms with Gasteiger partial charge in [-0.25, -0.2) is 0 Å². The van der Waals surface area contributed by atoms with Crippen LogP contribution in [0.25, 0.3) is 11.6 Å². The summed E-state index contributed by atoms with van der Waals surface area (Å²) in [6.45, 7) is 0.387. The standard InChI is InChI=1S/C22H12Br3Cl2NO/c23-16-3-1-13(2-4-16)12-29-22-14(8-17(24)9-20(22)25)7-15(11-28)19-6-5-18(26)10-21(19)27/h1-10H,12H2/b15-7+. The van der Waals surface area contributed by atoms with E-state index in [1.54, 1.807) is 24.3 Å². The number of halogens is 5. The van der Waals surface area contributed by atoms with E-state index in [0.29, 0.717) is 33.5 Å². The third kappa shape index (κ3) is 5.87. The summed E-state index contributed by atoms with van der Waals surface area (Å²) in [5.74, 6) is 0.633. The van der Waals surface area contributed by atoms with Crippen molar-refractivity contribution >= 4 is 82.6 Å². The Morgan fingerprint density at radius 3 is 2.34 bits per heavy atom. The molecule has 0 saturated heterocycles. The van der Waals surface area contributed by atoms with Crippen LogP contribution in [0.3, 0.4) is 0 Å². The Balaban J connectivity index is 2.00. The number of allylic oxidation sites excluding steroid dienone is 1. The van der Waals surface area contributed by atoms with Crippen LogP contribution in [0.15, 0.2) is 68.0 Å². The van der Waals surface area contributed by atoms with Crippen LogP contribution in [-0.2, 0) is 6.61 Å². The molecule has 0 aromatic heterocycles. The van der Waals surface area contributed by atoms with Gasteiger partial charge in [-0.05, 0) is 64.0 Å². The van der Waals surface area contributed by atoms with Gasteiger partial charge < -0.3 is 4.74 Å². The van der Waals surface area contributed by atoms with Crippen molar-refractivity contribution in [2.75, 3.05) is 0 Å². The molecular weight excluding hydrogens is 605 g/mol. The first-order valence-corrected chi connectivity index (χ1v) is 11.4. The number of hydrogen-bond donors (Lipinski definition) is 0. The summed E-state index contributed by atoms with van der Waals surface area (Å²) < 4.78 is 8.72. The summed E-state index contributed by atoms with van der Waals surface area (Å²) in [6, 6.07) is 19.0. The van der Waals surface area contributed by atoms with Crippen molar-refractivity contribution < 1.29 is 4.74 Å². The van der Waals surface area contributed by atoms with E-state index in [2.05, 4.69) is 53.9 Å². The molecule has 0 radical (unpaired) electrons. The van der Waals surface area contributed by atoms with E-state index in [4.69, 9.17) is 27.9 Å². The van der Waals surface area contributed by atoms with Gasteiger partial charge in [0.25, 0.3) is 0 Å². The van der Waals surface area contributed by atoms with E-state index < -0.39 is 0 Å². The summed E-state index contributed by atoms with van der Waals surface area (Å²) in [6.07, 6.45) is 1.75. The molecule has 0 bridgehead atoms. The number of nitrogens with zero attached hydrogens (tertiary/aromatic N) is 1. The van der Waals surface area contributed by atoms with Crippen molar-refractivity contribution in [3.63, 3.8) is 0 Å². The molecule has 29 heavy (non-hydrogen) atoms. The molecule has 7 heteroatoms. The molecule has 146 valence electrons. The van der Waals surface area contributed by atoms with Gasteiger partial charge in [0.15, 0.2) is 0 Å². The van der Waals surface area contributed by atoms with Crippen LogP contribution < -0.4 is 4.74 Å². The predicted octanol–water partition coefficient (Wildman–Crippen LogP) is 8.92. The van der Waals surface area contributed by atoms with Crippen LogP contribution in [0.1, 0.15) is 16.7 Å². The summed E-state index contributed by atoms with van der Waals surface area (Å²) in [4.78, 5) is 0. The zero-order chi connectivity index (χ0) is 21.0. The quantitative estimate of drug-likeness (QED) is 0.212. The Morgan fingerprint density at radius 2 is 1.69 bits per heavy atom.